The zero-order valence-electron chi connectivity index (χ0n) is 37.5. The van der Waals surface area contributed by atoms with E-state index in [2.05, 4.69) is 83.0 Å². The van der Waals surface area contributed by atoms with Crippen molar-refractivity contribution in [3.63, 3.8) is 0 Å². The molecule has 2 fully saturated rings. The Morgan fingerprint density at radius 3 is 2.00 bits per heavy atom. The number of hydrogen-bond acceptors (Lipinski definition) is 10. The molecule has 0 bridgehead atoms. The van der Waals surface area contributed by atoms with Gasteiger partial charge in [-0.1, -0.05) is 71.2 Å². The van der Waals surface area contributed by atoms with E-state index < -0.39 is 0 Å². The van der Waals surface area contributed by atoms with Crippen LogP contribution in [-0.2, 0) is 36.7 Å². The van der Waals surface area contributed by atoms with Gasteiger partial charge in [0.2, 0.25) is 0 Å². The predicted molar refractivity (Wildman–Crippen MR) is 242 cm³/mol. The Kier molecular flexibility index (Phi) is 31.4. The Labute approximate surface area is 359 Å². The number of esters is 1. The molecular formula is C46H77BrN4O7. The molecule has 0 saturated carbocycles. The van der Waals surface area contributed by atoms with Crippen molar-refractivity contribution in [1.29, 1.82) is 0 Å². The molecule has 11 nitrogen and oxygen atoms in total. The van der Waals surface area contributed by atoms with Gasteiger partial charge < -0.3 is 34.4 Å². The molecule has 1 atom stereocenters. The van der Waals surface area contributed by atoms with E-state index in [1.165, 1.54) is 57.2 Å². The van der Waals surface area contributed by atoms with E-state index in [0.29, 0.717) is 30.0 Å². The number of aryl methyl sites for hydroxylation is 2. The van der Waals surface area contributed by atoms with Gasteiger partial charge in [0.05, 0.1) is 17.6 Å². The number of piperazine rings is 1. The van der Waals surface area contributed by atoms with Crippen LogP contribution in [0.4, 0.5) is 10.5 Å². The van der Waals surface area contributed by atoms with Crippen molar-refractivity contribution in [2.75, 3.05) is 64.8 Å². The lowest BCUT2D eigenvalue weighted by Crippen LogP contribution is -2.51. The molecule has 0 aromatic heterocycles. The third kappa shape index (κ3) is 23.2. The van der Waals surface area contributed by atoms with Gasteiger partial charge in [0, 0.05) is 64.5 Å². The van der Waals surface area contributed by atoms with Gasteiger partial charge in [0.25, 0.3) is 0 Å². The highest BCUT2D eigenvalue weighted by Gasteiger charge is 2.25. The van der Waals surface area contributed by atoms with Crippen LogP contribution < -0.4 is 5.32 Å². The number of phenols is 1. The van der Waals surface area contributed by atoms with E-state index in [9.17, 15) is 14.7 Å². The van der Waals surface area contributed by atoms with Crippen LogP contribution >= 0.6 is 15.9 Å². The Morgan fingerprint density at radius 1 is 0.931 bits per heavy atom. The van der Waals surface area contributed by atoms with Crippen LogP contribution in [0.25, 0.3) is 0 Å². The Hall–Kier alpha value is -3.48. The van der Waals surface area contributed by atoms with Crippen molar-refractivity contribution in [3.05, 3.63) is 57.6 Å². The first-order chi connectivity index (χ1) is 27.8. The van der Waals surface area contributed by atoms with Crippen LogP contribution in [-0.4, -0.2) is 116 Å². The number of carbonyl (C=O) groups is 4. The Bertz CT molecular complexity index is 1380. The number of phenolic OH excluding ortho intramolecular Hbond substituents is 1. The van der Waals surface area contributed by atoms with Crippen LogP contribution in [0.15, 0.2) is 40.9 Å². The van der Waals surface area contributed by atoms with E-state index in [-0.39, 0.29) is 23.9 Å². The first kappa shape index (κ1) is 54.5. The average Bonchev–Trinajstić information content (AvgIpc) is 3.19. The molecule has 0 aliphatic carbocycles. The number of rotatable bonds is 14. The minimum absolute atomic E-state index is 0.0883. The fourth-order valence-electron chi connectivity index (χ4n) is 6.84. The minimum atomic E-state index is -0.214. The van der Waals surface area contributed by atoms with Crippen LogP contribution in [0, 0.1) is 12.8 Å². The number of para-hydroxylation sites is 1. The molecule has 58 heavy (non-hydrogen) atoms. The summed E-state index contributed by atoms with van der Waals surface area (Å²) >= 11 is 3.34. The normalized spacial score (nSPS) is 14.7. The molecule has 2 aromatic rings. The highest BCUT2D eigenvalue weighted by Crippen LogP contribution is 2.29. The van der Waals surface area contributed by atoms with E-state index >= 15 is 0 Å². The lowest BCUT2D eigenvalue weighted by molar-refractivity contribution is -0.145. The molecule has 330 valence electrons. The number of amides is 1. The van der Waals surface area contributed by atoms with Crippen molar-refractivity contribution >= 4 is 46.3 Å². The summed E-state index contributed by atoms with van der Waals surface area (Å²) in [5.41, 5.74) is 4.52. The van der Waals surface area contributed by atoms with Gasteiger partial charge in [0.15, 0.2) is 0 Å². The van der Waals surface area contributed by atoms with E-state index in [4.69, 9.17) is 19.1 Å². The number of anilines is 1. The average molecular weight is 878 g/mol. The molecular weight excluding hydrogens is 800 g/mol. The molecule has 2 heterocycles. The molecule has 0 unspecified atom stereocenters. The SMILES string of the molecule is CC=O.CC=O.CCCC(CCC)N1CCN(CC(=O)OCC)CC1.CCCc1ccccc1NC.Cc1cc(C[C@H](C)OC(=O)N2CCC(C)CC2)cc(Br)c1O. The maximum atomic E-state index is 12.1. The molecule has 2 saturated heterocycles. The summed E-state index contributed by atoms with van der Waals surface area (Å²) < 4.78 is 11.2. The summed E-state index contributed by atoms with van der Waals surface area (Å²) in [7, 11) is 1.97. The number of hydrogen-bond donors (Lipinski definition) is 2. The molecule has 2 aliphatic rings. The van der Waals surface area contributed by atoms with Crippen LogP contribution in [0.2, 0.25) is 0 Å². The van der Waals surface area contributed by atoms with Gasteiger partial charge in [-0.25, -0.2) is 4.79 Å². The van der Waals surface area contributed by atoms with E-state index in [1.807, 2.05) is 40.0 Å². The quantitative estimate of drug-likeness (QED) is 0.140. The number of likely N-dealkylation sites (tertiary alicyclic amines) is 1. The lowest BCUT2D eigenvalue weighted by Gasteiger charge is -2.39. The van der Waals surface area contributed by atoms with Crippen molar-refractivity contribution in [2.45, 2.75) is 132 Å². The second-order valence-electron chi connectivity index (χ2n) is 14.8. The Morgan fingerprint density at radius 2 is 1.50 bits per heavy atom. The monoisotopic (exact) mass is 876 g/mol. The van der Waals surface area contributed by atoms with Crippen molar-refractivity contribution in [3.8, 4) is 5.75 Å². The number of aldehydes is 2. The number of piperidine rings is 1. The molecule has 0 spiro atoms. The maximum absolute atomic E-state index is 12.1. The molecule has 1 amide bonds. The van der Waals surface area contributed by atoms with Gasteiger partial charge >= 0.3 is 12.1 Å². The number of nitrogens with one attached hydrogen (secondary N) is 1. The summed E-state index contributed by atoms with van der Waals surface area (Å²) in [6.07, 6.45) is 11.3. The molecule has 0 radical (unpaired) electrons. The number of aromatic hydroxyl groups is 1. The summed E-state index contributed by atoms with van der Waals surface area (Å²) in [5.74, 6) is 0.865. The van der Waals surface area contributed by atoms with Crippen LogP contribution in [0.3, 0.4) is 0 Å². The number of benzene rings is 2. The number of carbonyl (C=O) groups excluding carboxylic acids is 4. The van der Waals surface area contributed by atoms with Gasteiger partial charge in [0.1, 0.15) is 24.4 Å². The third-order valence-corrected chi connectivity index (χ3v) is 10.4. The van der Waals surface area contributed by atoms with Gasteiger partial charge in [-0.15, -0.1) is 0 Å². The number of ether oxygens (including phenoxy) is 2. The molecule has 12 heteroatoms. The number of nitrogens with zero attached hydrogens (tertiary/aromatic N) is 3. The van der Waals surface area contributed by atoms with Crippen LogP contribution in [0.1, 0.15) is 117 Å². The van der Waals surface area contributed by atoms with Gasteiger partial charge in [-0.3, -0.25) is 14.6 Å². The molecule has 2 aromatic carbocycles. The summed E-state index contributed by atoms with van der Waals surface area (Å²) in [5, 5.41) is 12.9. The fourth-order valence-corrected chi connectivity index (χ4v) is 7.45. The lowest BCUT2D eigenvalue weighted by atomic mass is 10.00. The van der Waals surface area contributed by atoms with Crippen molar-refractivity contribution < 1.29 is 33.8 Å². The second-order valence-corrected chi connectivity index (χ2v) is 15.6. The predicted octanol–water partition coefficient (Wildman–Crippen LogP) is 9.49. The zero-order chi connectivity index (χ0) is 43.9. The molecule has 2 N–H and O–H groups in total. The standard InChI is InChI=1S/C17H24BrNO3.C15H30N2O2.C10H15N.2C2H4O/c1-11-4-6-19(7-5-11)17(21)22-13(3)9-14-8-12(2)16(20)15(18)10-14;1-4-7-14(8-5-2)17-11-9-16(10-12-17)13-15(18)19-6-3;1-3-6-9-7-4-5-8-10(9)11-2;2*1-2-3/h8,10-11,13,20H,4-7,9H2,1-3H3;14H,4-13H2,1-3H3;4-5,7-8,11H,3,6H2,1-2H3;2*2H,1H3/t13-;;;;/m0..../s1. The second kappa shape index (κ2) is 33.4. The number of halogens is 1. The highest BCUT2D eigenvalue weighted by atomic mass is 79.9. The summed E-state index contributed by atoms with van der Waals surface area (Å²) in [6, 6.07) is 13.0. The summed E-state index contributed by atoms with van der Waals surface area (Å²) in [6.45, 7) is 24.1. The third-order valence-electron chi connectivity index (χ3n) is 9.81. The fraction of sp³-hybridized carbons (Fsp3) is 0.652. The first-order valence-electron chi connectivity index (χ1n) is 21.4. The van der Waals surface area contributed by atoms with E-state index in [0.717, 1.165) is 88.3 Å². The summed E-state index contributed by atoms with van der Waals surface area (Å²) in [4.78, 5) is 47.8. The zero-order valence-corrected chi connectivity index (χ0v) is 39.1. The van der Waals surface area contributed by atoms with Gasteiger partial charge in [-0.05, 0) is 117 Å². The van der Waals surface area contributed by atoms with Crippen LogP contribution in [0.5, 0.6) is 5.75 Å². The van der Waals surface area contributed by atoms with Gasteiger partial charge in [-0.2, -0.15) is 0 Å². The Balaban J connectivity index is 0.000000817. The first-order valence-corrected chi connectivity index (χ1v) is 22.2. The van der Waals surface area contributed by atoms with E-state index in [1.54, 1.807) is 4.90 Å². The maximum Gasteiger partial charge on any atom is 0.410 e. The minimum Gasteiger partial charge on any atom is -0.506 e. The highest BCUT2D eigenvalue weighted by molar-refractivity contribution is 9.10. The largest absolute Gasteiger partial charge is 0.506 e. The molecule has 2 aliphatic heterocycles. The smallest absolute Gasteiger partial charge is 0.410 e. The van der Waals surface area contributed by atoms with Crippen molar-refractivity contribution in [2.24, 2.45) is 5.92 Å². The topological polar surface area (TPSA) is 129 Å². The molecule has 4 rings (SSSR count). The van der Waals surface area contributed by atoms with Crippen molar-refractivity contribution in [1.82, 2.24) is 14.7 Å².